The van der Waals surface area contributed by atoms with Crippen molar-refractivity contribution in [3.05, 3.63) is 0 Å². The highest BCUT2D eigenvalue weighted by Crippen LogP contribution is 1.96. The van der Waals surface area contributed by atoms with Crippen molar-refractivity contribution >= 4 is 0 Å². The number of aliphatic hydroxyl groups excluding tert-OH is 1. The Morgan fingerprint density at radius 3 is 2.46 bits per heavy atom. The fourth-order valence-electron chi connectivity index (χ4n) is 1.07. The molecule has 3 heteroatoms. The zero-order chi connectivity index (χ0) is 10.1. The fourth-order valence-corrected chi connectivity index (χ4v) is 1.07. The van der Waals surface area contributed by atoms with Gasteiger partial charge in [0.15, 0.2) is 0 Å². The summed E-state index contributed by atoms with van der Waals surface area (Å²) in [6, 6.07) is 0.644. The van der Waals surface area contributed by atoms with E-state index in [9.17, 15) is 0 Å². The smallest absolute Gasteiger partial charge is 0.0555 e. The first kappa shape index (κ1) is 12.9. The summed E-state index contributed by atoms with van der Waals surface area (Å²) in [5.74, 6) is 0. The topological polar surface area (TPSA) is 35.5 Å². The van der Waals surface area contributed by atoms with Crippen LogP contribution in [0.15, 0.2) is 0 Å². The van der Waals surface area contributed by atoms with Crippen molar-refractivity contribution < 1.29 is 5.11 Å². The van der Waals surface area contributed by atoms with Crippen LogP contribution in [0, 0.1) is 0 Å². The summed E-state index contributed by atoms with van der Waals surface area (Å²) in [5, 5.41) is 11.7. The van der Waals surface area contributed by atoms with Crippen molar-refractivity contribution in [3.63, 3.8) is 0 Å². The van der Waals surface area contributed by atoms with Gasteiger partial charge < -0.3 is 15.3 Å². The third-order valence-electron chi connectivity index (χ3n) is 2.28. The minimum absolute atomic E-state index is 0.242. The van der Waals surface area contributed by atoms with Crippen LogP contribution in [0.25, 0.3) is 0 Å². The largest absolute Gasteiger partial charge is 0.395 e. The number of nitrogens with zero attached hydrogens (tertiary/aromatic N) is 1. The van der Waals surface area contributed by atoms with Crippen LogP contribution in [0.5, 0.6) is 0 Å². The van der Waals surface area contributed by atoms with Crippen LogP contribution < -0.4 is 5.32 Å². The molecule has 0 amide bonds. The molecule has 0 spiro atoms. The Bertz CT molecular complexity index is 107. The molecule has 0 bridgehead atoms. The maximum absolute atomic E-state index is 8.51. The van der Waals surface area contributed by atoms with Crippen molar-refractivity contribution in [1.29, 1.82) is 0 Å². The molecule has 80 valence electrons. The standard InChI is InChI=1S/C10H24N2O/c1-10(2)12(3)8-5-4-6-11-7-9-13/h10-11,13H,4-9H2,1-3H3. The number of nitrogens with one attached hydrogen (secondary N) is 1. The summed E-state index contributed by atoms with van der Waals surface area (Å²) >= 11 is 0. The van der Waals surface area contributed by atoms with Crippen LogP contribution in [-0.2, 0) is 0 Å². The SMILES string of the molecule is CC(C)N(C)CCCCNCCO. The zero-order valence-electron chi connectivity index (χ0n) is 9.21. The summed E-state index contributed by atoms with van der Waals surface area (Å²) in [6.45, 7) is 7.57. The molecule has 0 saturated heterocycles. The van der Waals surface area contributed by atoms with Gasteiger partial charge in [0, 0.05) is 12.6 Å². The van der Waals surface area contributed by atoms with E-state index in [2.05, 4.69) is 31.1 Å². The number of hydrogen-bond acceptors (Lipinski definition) is 3. The predicted molar refractivity (Wildman–Crippen MR) is 57.0 cm³/mol. The normalized spacial score (nSPS) is 11.5. The van der Waals surface area contributed by atoms with Gasteiger partial charge >= 0.3 is 0 Å². The highest BCUT2D eigenvalue weighted by molar-refractivity contribution is 4.57. The highest BCUT2D eigenvalue weighted by Gasteiger charge is 2.01. The second kappa shape index (κ2) is 8.48. The van der Waals surface area contributed by atoms with Gasteiger partial charge in [0.2, 0.25) is 0 Å². The molecule has 0 aromatic heterocycles. The number of hydrogen-bond donors (Lipinski definition) is 2. The van der Waals surface area contributed by atoms with E-state index in [1.165, 1.54) is 19.4 Å². The molecular formula is C10H24N2O. The van der Waals surface area contributed by atoms with Gasteiger partial charge in [-0.05, 0) is 46.8 Å². The summed E-state index contributed by atoms with van der Waals surface area (Å²) in [6.07, 6.45) is 2.42. The van der Waals surface area contributed by atoms with E-state index in [1.807, 2.05) is 0 Å². The first-order valence-electron chi connectivity index (χ1n) is 5.20. The minimum Gasteiger partial charge on any atom is -0.395 e. The molecule has 0 aliphatic heterocycles. The predicted octanol–water partition coefficient (Wildman–Crippen LogP) is 0.689. The van der Waals surface area contributed by atoms with Gasteiger partial charge in [0.25, 0.3) is 0 Å². The van der Waals surface area contributed by atoms with Crippen molar-refractivity contribution in [1.82, 2.24) is 10.2 Å². The molecule has 0 aliphatic carbocycles. The Morgan fingerprint density at radius 1 is 1.23 bits per heavy atom. The molecule has 0 aromatic rings. The third-order valence-corrected chi connectivity index (χ3v) is 2.28. The van der Waals surface area contributed by atoms with Crippen molar-refractivity contribution in [2.45, 2.75) is 32.7 Å². The van der Waals surface area contributed by atoms with Crippen LogP contribution in [0.4, 0.5) is 0 Å². The van der Waals surface area contributed by atoms with E-state index in [-0.39, 0.29) is 6.61 Å². The van der Waals surface area contributed by atoms with Gasteiger partial charge in [-0.1, -0.05) is 0 Å². The lowest BCUT2D eigenvalue weighted by molar-refractivity contribution is 0.265. The first-order chi connectivity index (χ1) is 6.18. The maximum atomic E-state index is 8.51. The molecule has 0 fully saturated rings. The quantitative estimate of drug-likeness (QED) is 0.550. The lowest BCUT2D eigenvalue weighted by Crippen LogP contribution is -2.28. The van der Waals surface area contributed by atoms with E-state index in [4.69, 9.17) is 5.11 Å². The first-order valence-corrected chi connectivity index (χ1v) is 5.20. The fraction of sp³-hybridized carbons (Fsp3) is 1.00. The van der Waals surface area contributed by atoms with Crippen molar-refractivity contribution in [2.75, 3.05) is 33.3 Å². The van der Waals surface area contributed by atoms with Crippen molar-refractivity contribution in [3.8, 4) is 0 Å². The summed E-state index contributed by atoms with van der Waals surface area (Å²) in [5.41, 5.74) is 0. The lowest BCUT2D eigenvalue weighted by Gasteiger charge is -2.20. The molecule has 3 nitrogen and oxygen atoms in total. The van der Waals surface area contributed by atoms with E-state index in [1.54, 1.807) is 0 Å². The summed E-state index contributed by atoms with van der Waals surface area (Å²) in [7, 11) is 2.16. The van der Waals surface area contributed by atoms with E-state index in [0.717, 1.165) is 13.1 Å². The van der Waals surface area contributed by atoms with Gasteiger partial charge in [-0.25, -0.2) is 0 Å². The maximum Gasteiger partial charge on any atom is 0.0555 e. The Morgan fingerprint density at radius 2 is 1.92 bits per heavy atom. The van der Waals surface area contributed by atoms with E-state index < -0.39 is 0 Å². The van der Waals surface area contributed by atoms with Gasteiger partial charge in [-0.3, -0.25) is 0 Å². The van der Waals surface area contributed by atoms with E-state index >= 15 is 0 Å². The molecule has 0 heterocycles. The molecule has 0 radical (unpaired) electrons. The molecule has 0 unspecified atom stereocenters. The Hall–Kier alpha value is -0.120. The van der Waals surface area contributed by atoms with Crippen LogP contribution in [0.2, 0.25) is 0 Å². The van der Waals surface area contributed by atoms with Gasteiger partial charge in [0.1, 0.15) is 0 Å². The number of unbranched alkanes of at least 4 members (excludes halogenated alkanes) is 1. The third kappa shape index (κ3) is 8.22. The molecule has 0 aliphatic rings. The monoisotopic (exact) mass is 188 g/mol. The summed E-state index contributed by atoms with van der Waals surface area (Å²) < 4.78 is 0. The molecule has 0 atom stereocenters. The molecule has 0 rings (SSSR count). The van der Waals surface area contributed by atoms with Gasteiger partial charge in [-0.2, -0.15) is 0 Å². The van der Waals surface area contributed by atoms with Gasteiger partial charge in [0.05, 0.1) is 6.61 Å². The minimum atomic E-state index is 0.242. The Labute approximate surface area is 82.1 Å². The van der Waals surface area contributed by atoms with Gasteiger partial charge in [-0.15, -0.1) is 0 Å². The average Bonchev–Trinajstić information content (AvgIpc) is 2.10. The number of aliphatic hydroxyl groups is 1. The lowest BCUT2D eigenvalue weighted by atomic mass is 10.2. The molecule has 2 N–H and O–H groups in total. The van der Waals surface area contributed by atoms with Crippen molar-refractivity contribution in [2.24, 2.45) is 0 Å². The van der Waals surface area contributed by atoms with Crippen LogP contribution in [0.3, 0.4) is 0 Å². The van der Waals surface area contributed by atoms with Crippen LogP contribution in [-0.4, -0.2) is 49.3 Å². The summed E-state index contributed by atoms with van der Waals surface area (Å²) in [4.78, 5) is 2.35. The second-order valence-corrected chi connectivity index (χ2v) is 3.76. The van der Waals surface area contributed by atoms with Crippen LogP contribution in [0.1, 0.15) is 26.7 Å². The second-order valence-electron chi connectivity index (χ2n) is 3.76. The highest BCUT2D eigenvalue weighted by atomic mass is 16.3. The Kier molecular flexibility index (Phi) is 8.40. The molecule has 0 aromatic carbocycles. The zero-order valence-corrected chi connectivity index (χ0v) is 9.21. The van der Waals surface area contributed by atoms with Crippen LogP contribution >= 0.6 is 0 Å². The molecule has 0 saturated carbocycles. The molecule has 13 heavy (non-hydrogen) atoms. The van der Waals surface area contributed by atoms with E-state index in [0.29, 0.717) is 6.04 Å². The Balaban J connectivity index is 3.07. The average molecular weight is 188 g/mol. The number of rotatable bonds is 8. The molecular weight excluding hydrogens is 164 g/mol.